The number of likely N-dealkylation sites (N-methyl/N-ethyl adjacent to an activating group) is 1. The highest BCUT2D eigenvalue weighted by molar-refractivity contribution is 6.34. The highest BCUT2D eigenvalue weighted by Crippen LogP contribution is 2.51. The Hall–Kier alpha value is -3.28. The number of hydrogen-bond acceptors (Lipinski definition) is 4. The van der Waals surface area contributed by atoms with E-state index < -0.39 is 11.3 Å². The molecule has 4 rings (SSSR count). The van der Waals surface area contributed by atoms with Crippen LogP contribution >= 0.6 is 0 Å². The fourth-order valence-corrected chi connectivity index (χ4v) is 5.17. The molecule has 1 unspecified atom stereocenters. The van der Waals surface area contributed by atoms with Gasteiger partial charge in [0.1, 0.15) is 7.85 Å². The fraction of sp³-hybridized carbons (Fsp3) is 0.400. The molecule has 0 aromatic heterocycles. The number of nitrogens with zero attached hydrogens (tertiary/aromatic N) is 2. The first-order chi connectivity index (χ1) is 17.2. The minimum absolute atomic E-state index is 0.0620. The van der Waals surface area contributed by atoms with Gasteiger partial charge in [0.15, 0.2) is 0 Å². The molecule has 2 aromatic carbocycles. The monoisotopic (exact) mass is 483 g/mol. The Kier molecular flexibility index (Phi) is 8.83. The van der Waals surface area contributed by atoms with Crippen molar-refractivity contribution in [1.82, 2.24) is 15.1 Å². The molecular formula is C30H38BN3O2. The van der Waals surface area contributed by atoms with Gasteiger partial charge >= 0.3 is 0 Å². The van der Waals surface area contributed by atoms with Crippen LogP contribution in [0.15, 0.2) is 67.4 Å². The van der Waals surface area contributed by atoms with E-state index >= 15 is 0 Å². The van der Waals surface area contributed by atoms with Crippen molar-refractivity contribution in [2.45, 2.75) is 46.0 Å². The first-order valence-electron chi connectivity index (χ1n) is 12.7. The molecule has 2 radical (unpaired) electrons. The number of carbonyl (C=O) groups excluding carboxylic acids is 2. The maximum atomic E-state index is 13.2. The average Bonchev–Trinajstić information content (AvgIpc) is 3.05. The van der Waals surface area contributed by atoms with Crippen molar-refractivity contribution in [3.05, 3.63) is 84.1 Å². The highest BCUT2D eigenvalue weighted by Gasteiger charge is 2.59. The van der Waals surface area contributed by atoms with Crippen LogP contribution in [0, 0.1) is 12.3 Å². The zero-order valence-electron chi connectivity index (χ0n) is 22.1. The molecule has 2 fully saturated rings. The van der Waals surface area contributed by atoms with E-state index in [4.69, 9.17) is 7.85 Å². The van der Waals surface area contributed by atoms with Crippen molar-refractivity contribution >= 4 is 30.8 Å². The summed E-state index contributed by atoms with van der Waals surface area (Å²) in [6.45, 7) is 16.5. The number of amides is 2. The lowest BCUT2D eigenvalue weighted by Crippen LogP contribution is -2.46. The summed E-state index contributed by atoms with van der Waals surface area (Å²) in [4.78, 5) is 29.7. The summed E-state index contributed by atoms with van der Waals surface area (Å²) in [5.74, 6) is -0.589. The van der Waals surface area contributed by atoms with Crippen LogP contribution in [0.25, 0.3) is 5.70 Å². The Morgan fingerprint density at radius 1 is 1.08 bits per heavy atom. The third kappa shape index (κ3) is 5.43. The summed E-state index contributed by atoms with van der Waals surface area (Å²) in [7, 11) is 7.71. The highest BCUT2D eigenvalue weighted by atomic mass is 16.2. The maximum Gasteiger partial charge on any atom is 0.237 e. The van der Waals surface area contributed by atoms with Crippen LogP contribution in [-0.4, -0.2) is 56.1 Å². The Morgan fingerprint density at radius 2 is 1.69 bits per heavy atom. The Balaban J connectivity index is 0.00000115. The topological polar surface area (TPSA) is 52.7 Å². The number of imide groups is 1. The van der Waals surface area contributed by atoms with Gasteiger partial charge in [-0.2, -0.15) is 0 Å². The third-order valence-corrected chi connectivity index (χ3v) is 7.14. The van der Waals surface area contributed by atoms with Crippen LogP contribution in [-0.2, 0) is 9.59 Å². The summed E-state index contributed by atoms with van der Waals surface area (Å²) in [6.07, 6.45) is 2.48. The van der Waals surface area contributed by atoms with Gasteiger partial charge in [0, 0.05) is 31.5 Å². The smallest absolute Gasteiger partial charge is 0.237 e. The van der Waals surface area contributed by atoms with Gasteiger partial charge in [-0.25, -0.2) is 0 Å². The van der Waals surface area contributed by atoms with Gasteiger partial charge in [0.05, 0.1) is 17.9 Å². The molecule has 5 nitrogen and oxygen atoms in total. The molecule has 2 amide bonds. The van der Waals surface area contributed by atoms with Crippen molar-refractivity contribution in [2.75, 3.05) is 26.7 Å². The van der Waals surface area contributed by atoms with Gasteiger partial charge in [-0.1, -0.05) is 93.0 Å². The quantitative estimate of drug-likeness (QED) is 0.496. The van der Waals surface area contributed by atoms with E-state index in [0.29, 0.717) is 37.9 Å². The molecule has 2 saturated heterocycles. The first-order valence-corrected chi connectivity index (χ1v) is 12.7. The molecule has 0 bridgehead atoms. The van der Waals surface area contributed by atoms with Gasteiger partial charge in [0.25, 0.3) is 0 Å². The molecule has 2 aromatic rings. The van der Waals surface area contributed by atoms with Crippen molar-refractivity contribution in [3.63, 3.8) is 0 Å². The number of aryl methyl sites for hydroxylation is 1. The molecule has 2 heterocycles. The van der Waals surface area contributed by atoms with Gasteiger partial charge in [0.2, 0.25) is 11.8 Å². The lowest BCUT2D eigenvalue weighted by molar-refractivity contribution is -0.140. The number of piperidine rings is 1. The normalized spacial score (nSPS) is 18.6. The van der Waals surface area contributed by atoms with Crippen LogP contribution in [0.1, 0.15) is 55.7 Å². The van der Waals surface area contributed by atoms with E-state index in [2.05, 4.69) is 37.2 Å². The molecule has 1 N–H and O–H groups in total. The van der Waals surface area contributed by atoms with E-state index in [1.807, 2.05) is 55.5 Å². The van der Waals surface area contributed by atoms with E-state index in [1.54, 1.807) is 7.05 Å². The van der Waals surface area contributed by atoms with Crippen molar-refractivity contribution < 1.29 is 9.59 Å². The van der Waals surface area contributed by atoms with Crippen LogP contribution in [0.2, 0.25) is 0 Å². The molecule has 0 saturated carbocycles. The number of benzene rings is 2. The summed E-state index contributed by atoms with van der Waals surface area (Å²) >= 11 is 0. The number of hydrogen-bond donors (Lipinski definition) is 1. The number of rotatable bonds is 6. The maximum absolute atomic E-state index is 13.2. The molecular weight excluding hydrogens is 445 g/mol. The van der Waals surface area contributed by atoms with Crippen molar-refractivity contribution in [2.24, 2.45) is 5.41 Å². The molecule has 0 aliphatic carbocycles. The zero-order chi connectivity index (χ0) is 26.5. The second-order valence-corrected chi connectivity index (χ2v) is 9.89. The second-order valence-electron chi connectivity index (χ2n) is 9.89. The standard InChI is InChI=1S/C27H30BN3O2.C3H8/c1-18-10-11-23(28)22(16-18)20(3)29-17-19(2)31-14-12-27(13-15-31)24(21-8-6-5-7-9-21)25(32)30(4)26(27)33;1-3-2/h5-11,16,24,29H,2-3,12-15,17H2,1,4H3;3H2,1-2H3. The summed E-state index contributed by atoms with van der Waals surface area (Å²) < 4.78 is 0. The van der Waals surface area contributed by atoms with Crippen LogP contribution in [0.5, 0.6) is 0 Å². The predicted molar refractivity (Wildman–Crippen MR) is 149 cm³/mol. The molecule has 1 atom stereocenters. The van der Waals surface area contributed by atoms with E-state index in [1.165, 1.54) is 11.3 Å². The van der Waals surface area contributed by atoms with Crippen LogP contribution in [0.3, 0.4) is 0 Å². The van der Waals surface area contributed by atoms with E-state index in [-0.39, 0.29) is 11.8 Å². The SMILES string of the molecule is CCC.[B]c1ccc(C)cc1C(=C)NCC(=C)N1CCC2(CC1)C(=O)N(C)C(=O)C2c1ccccc1. The number of carbonyl (C=O) groups is 2. The van der Waals surface area contributed by atoms with Gasteiger partial charge in [-0.3, -0.25) is 14.5 Å². The van der Waals surface area contributed by atoms with Crippen LogP contribution in [0.4, 0.5) is 0 Å². The largest absolute Gasteiger partial charge is 0.380 e. The van der Waals surface area contributed by atoms with Gasteiger partial charge in [-0.15, -0.1) is 0 Å². The first kappa shape index (κ1) is 27.3. The average molecular weight is 483 g/mol. The zero-order valence-corrected chi connectivity index (χ0v) is 22.1. The van der Waals surface area contributed by atoms with E-state index in [0.717, 1.165) is 28.1 Å². The predicted octanol–water partition coefficient (Wildman–Crippen LogP) is 4.14. The second kappa shape index (κ2) is 11.6. The summed E-state index contributed by atoms with van der Waals surface area (Å²) in [5.41, 5.74) is 4.62. The fourth-order valence-electron chi connectivity index (χ4n) is 5.17. The Labute approximate surface area is 217 Å². The number of likely N-dealkylation sites (tertiary alicyclic amines) is 2. The van der Waals surface area contributed by atoms with Gasteiger partial charge < -0.3 is 10.2 Å². The number of nitrogens with one attached hydrogen (secondary N) is 1. The van der Waals surface area contributed by atoms with Crippen molar-refractivity contribution in [1.29, 1.82) is 0 Å². The summed E-state index contributed by atoms with van der Waals surface area (Å²) in [6, 6.07) is 15.6. The van der Waals surface area contributed by atoms with E-state index in [9.17, 15) is 9.59 Å². The minimum Gasteiger partial charge on any atom is -0.380 e. The Morgan fingerprint density at radius 3 is 2.31 bits per heavy atom. The molecule has 2 aliphatic heterocycles. The minimum atomic E-state index is -0.684. The molecule has 2 aliphatic rings. The third-order valence-electron chi connectivity index (χ3n) is 7.14. The van der Waals surface area contributed by atoms with Crippen LogP contribution < -0.4 is 10.8 Å². The molecule has 1 spiro atoms. The molecule has 188 valence electrons. The lowest BCUT2D eigenvalue weighted by Gasteiger charge is -2.42. The van der Waals surface area contributed by atoms with Gasteiger partial charge in [-0.05, 0) is 30.9 Å². The molecule has 36 heavy (non-hydrogen) atoms. The Bertz CT molecular complexity index is 1120. The molecule has 6 heteroatoms. The van der Waals surface area contributed by atoms with Crippen molar-refractivity contribution in [3.8, 4) is 0 Å². The lowest BCUT2D eigenvalue weighted by atomic mass is 9.67. The summed E-state index contributed by atoms with van der Waals surface area (Å²) in [5, 5.41) is 3.34.